The fourth-order valence-electron chi connectivity index (χ4n) is 1.61. The van der Waals surface area contributed by atoms with Gasteiger partial charge >= 0.3 is 6.18 Å². The van der Waals surface area contributed by atoms with Crippen LogP contribution in [0.2, 0.25) is 0 Å². The van der Waals surface area contributed by atoms with E-state index in [1.165, 1.54) is 6.07 Å². The van der Waals surface area contributed by atoms with Gasteiger partial charge in [-0.2, -0.15) is 13.2 Å². The Morgan fingerprint density at radius 2 is 1.86 bits per heavy atom. The maximum absolute atomic E-state index is 12.6. The van der Waals surface area contributed by atoms with Crippen molar-refractivity contribution in [1.82, 2.24) is 5.32 Å². The van der Waals surface area contributed by atoms with E-state index in [0.29, 0.717) is 5.56 Å². The van der Waals surface area contributed by atoms with Gasteiger partial charge in [-0.3, -0.25) is 4.72 Å². The molecule has 0 radical (unpaired) electrons. The number of nitrogens with one attached hydrogen (secondary N) is 2. The van der Waals surface area contributed by atoms with Crippen molar-refractivity contribution >= 4 is 15.7 Å². The lowest BCUT2D eigenvalue weighted by atomic mass is 10.1. The van der Waals surface area contributed by atoms with Crippen molar-refractivity contribution in [3.05, 3.63) is 29.3 Å². The summed E-state index contributed by atoms with van der Waals surface area (Å²) in [4.78, 5) is 0. The van der Waals surface area contributed by atoms with E-state index < -0.39 is 21.8 Å². The first-order chi connectivity index (χ1) is 9.51. The summed E-state index contributed by atoms with van der Waals surface area (Å²) in [6.07, 6.45) is -4.51. The van der Waals surface area contributed by atoms with Crippen LogP contribution in [0.25, 0.3) is 0 Å². The Kier molecular flexibility index (Phi) is 5.63. The molecule has 1 aromatic carbocycles. The molecule has 0 unspecified atom stereocenters. The van der Waals surface area contributed by atoms with Gasteiger partial charge in [-0.1, -0.05) is 19.9 Å². The predicted molar refractivity (Wildman–Crippen MR) is 76.7 cm³/mol. The van der Waals surface area contributed by atoms with Gasteiger partial charge in [0.1, 0.15) is 0 Å². The molecular weight excluding hydrogens is 305 g/mol. The summed E-state index contributed by atoms with van der Waals surface area (Å²) in [6, 6.07) is 3.11. The fourth-order valence-corrected chi connectivity index (χ4v) is 2.65. The van der Waals surface area contributed by atoms with Gasteiger partial charge in [-0.05, 0) is 24.6 Å². The van der Waals surface area contributed by atoms with Crippen LogP contribution in [-0.2, 0) is 16.2 Å². The Labute approximate surface area is 122 Å². The van der Waals surface area contributed by atoms with E-state index in [-0.39, 0.29) is 24.0 Å². The highest BCUT2D eigenvalue weighted by atomic mass is 32.2. The van der Waals surface area contributed by atoms with Crippen LogP contribution in [-0.4, -0.2) is 26.8 Å². The van der Waals surface area contributed by atoms with Crippen LogP contribution in [0.5, 0.6) is 0 Å². The molecule has 2 N–H and O–H groups in total. The maximum Gasteiger partial charge on any atom is 0.416 e. The summed E-state index contributed by atoms with van der Waals surface area (Å²) < 4.78 is 63.8. The Bertz CT molecular complexity index is 584. The van der Waals surface area contributed by atoms with E-state index in [0.717, 1.165) is 12.1 Å². The van der Waals surface area contributed by atoms with Gasteiger partial charge in [0.15, 0.2) is 0 Å². The van der Waals surface area contributed by atoms with E-state index in [2.05, 4.69) is 10.0 Å². The van der Waals surface area contributed by atoms with Gasteiger partial charge in [-0.25, -0.2) is 8.42 Å². The van der Waals surface area contributed by atoms with Crippen LogP contribution in [0.1, 0.15) is 25.0 Å². The Balaban J connectivity index is 2.86. The molecule has 0 aliphatic rings. The summed E-state index contributed by atoms with van der Waals surface area (Å²) in [7, 11) is -3.69. The third-order valence-electron chi connectivity index (χ3n) is 2.75. The average Bonchev–Trinajstić information content (AvgIpc) is 2.29. The zero-order valence-electron chi connectivity index (χ0n) is 12.1. The lowest BCUT2D eigenvalue weighted by Gasteiger charge is -2.14. The van der Waals surface area contributed by atoms with Crippen LogP contribution in [0, 0.1) is 6.92 Å². The molecule has 120 valence electrons. The van der Waals surface area contributed by atoms with Gasteiger partial charge in [0.05, 0.1) is 17.0 Å². The molecule has 0 aliphatic heterocycles. The summed E-state index contributed by atoms with van der Waals surface area (Å²) >= 11 is 0. The van der Waals surface area contributed by atoms with E-state index >= 15 is 0 Å². The van der Waals surface area contributed by atoms with Gasteiger partial charge in [-0.15, -0.1) is 0 Å². The lowest BCUT2D eigenvalue weighted by Crippen LogP contribution is -2.31. The first kappa shape index (κ1) is 17.8. The van der Waals surface area contributed by atoms with Crippen molar-refractivity contribution in [2.24, 2.45) is 0 Å². The number of alkyl halides is 3. The van der Waals surface area contributed by atoms with Crippen LogP contribution < -0.4 is 10.0 Å². The van der Waals surface area contributed by atoms with Crippen molar-refractivity contribution in [2.45, 2.75) is 33.0 Å². The van der Waals surface area contributed by atoms with E-state index in [9.17, 15) is 21.6 Å². The van der Waals surface area contributed by atoms with Crippen LogP contribution in [0.3, 0.4) is 0 Å². The van der Waals surface area contributed by atoms with E-state index in [1.54, 1.807) is 6.92 Å². The normalized spacial score (nSPS) is 12.7. The average molecular weight is 324 g/mol. The monoisotopic (exact) mass is 324 g/mol. The first-order valence-electron chi connectivity index (χ1n) is 6.43. The smallest absolute Gasteiger partial charge is 0.313 e. The molecule has 0 amide bonds. The molecule has 0 saturated carbocycles. The number of hydrogen-bond donors (Lipinski definition) is 2. The molecule has 21 heavy (non-hydrogen) atoms. The number of rotatable bonds is 6. The summed E-state index contributed by atoms with van der Waals surface area (Å²) in [5.74, 6) is -0.207. The van der Waals surface area contributed by atoms with Gasteiger partial charge in [0.25, 0.3) is 0 Å². The molecule has 4 nitrogen and oxygen atoms in total. The Hall–Kier alpha value is -1.28. The van der Waals surface area contributed by atoms with E-state index in [4.69, 9.17) is 0 Å². The third-order valence-corrected chi connectivity index (χ3v) is 4.03. The number of benzene rings is 1. The zero-order chi connectivity index (χ0) is 16.3. The molecule has 0 heterocycles. The molecule has 1 aromatic rings. The molecule has 1 rings (SSSR count). The summed E-state index contributed by atoms with van der Waals surface area (Å²) in [5, 5.41) is 2.94. The van der Waals surface area contributed by atoms with Crippen LogP contribution in [0.15, 0.2) is 18.2 Å². The number of halogens is 3. The predicted octanol–water partition coefficient (Wildman–Crippen LogP) is 2.75. The number of hydrogen-bond acceptors (Lipinski definition) is 3. The molecule has 0 bridgehead atoms. The lowest BCUT2D eigenvalue weighted by molar-refractivity contribution is -0.137. The maximum atomic E-state index is 12.6. The van der Waals surface area contributed by atoms with Crippen molar-refractivity contribution in [3.8, 4) is 0 Å². The number of sulfonamides is 1. The standard InChI is InChI=1S/C13H19F3N2O2S/c1-9(2)17-6-7-21(19,20)18-12-8-11(13(14,15)16)5-4-10(12)3/h4-5,8-9,17-18H,6-7H2,1-3H3. The minimum atomic E-state index is -4.51. The van der Waals surface area contributed by atoms with Crippen molar-refractivity contribution in [3.63, 3.8) is 0 Å². The fraction of sp³-hybridized carbons (Fsp3) is 0.538. The third kappa shape index (κ3) is 5.92. The van der Waals surface area contributed by atoms with Gasteiger partial charge in [0.2, 0.25) is 10.0 Å². The SMILES string of the molecule is Cc1ccc(C(F)(F)F)cc1NS(=O)(=O)CCNC(C)C. The number of aryl methyl sites for hydroxylation is 1. The van der Waals surface area contributed by atoms with Crippen molar-refractivity contribution in [2.75, 3.05) is 17.0 Å². The quantitative estimate of drug-likeness (QED) is 0.846. The molecule has 0 aromatic heterocycles. The second kappa shape index (κ2) is 6.65. The molecule has 8 heteroatoms. The van der Waals surface area contributed by atoms with Crippen LogP contribution in [0.4, 0.5) is 18.9 Å². The number of anilines is 1. The molecule has 0 atom stereocenters. The van der Waals surface area contributed by atoms with Crippen molar-refractivity contribution < 1.29 is 21.6 Å². The highest BCUT2D eigenvalue weighted by molar-refractivity contribution is 7.92. The molecule has 0 saturated heterocycles. The second-order valence-corrected chi connectivity index (χ2v) is 6.90. The highest BCUT2D eigenvalue weighted by Gasteiger charge is 2.31. The summed E-state index contributed by atoms with van der Waals surface area (Å²) in [6.45, 7) is 5.52. The Morgan fingerprint density at radius 3 is 2.38 bits per heavy atom. The zero-order valence-corrected chi connectivity index (χ0v) is 12.9. The Morgan fingerprint density at radius 1 is 1.24 bits per heavy atom. The molecular formula is C13H19F3N2O2S. The minimum absolute atomic E-state index is 0.0469. The van der Waals surface area contributed by atoms with Gasteiger partial charge < -0.3 is 5.32 Å². The first-order valence-corrected chi connectivity index (χ1v) is 8.08. The largest absolute Gasteiger partial charge is 0.416 e. The molecule has 0 aliphatic carbocycles. The highest BCUT2D eigenvalue weighted by Crippen LogP contribution is 2.32. The second-order valence-electron chi connectivity index (χ2n) is 5.06. The van der Waals surface area contributed by atoms with E-state index in [1.807, 2.05) is 13.8 Å². The minimum Gasteiger partial charge on any atom is -0.313 e. The molecule has 0 spiro atoms. The van der Waals surface area contributed by atoms with Gasteiger partial charge in [0, 0.05) is 12.6 Å². The molecule has 0 fully saturated rings. The van der Waals surface area contributed by atoms with Crippen LogP contribution >= 0.6 is 0 Å². The topological polar surface area (TPSA) is 58.2 Å². The van der Waals surface area contributed by atoms with Crippen molar-refractivity contribution in [1.29, 1.82) is 0 Å². The summed E-state index contributed by atoms with van der Waals surface area (Å²) in [5.41, 5.74) is -0.496.